The number of carbonyl (C=O) groups excluding carboxylic acids is 4. The van der Waals surface area contributed by atoms with Gasteiger partial charge in [0.15, 0.2) is 6.10 Å². The van der Waals surface area contributed by atoms with Crippen LogP contribution in [-0.2, 0) is 29.3 Å². The van der Waals surface area contributed by atoms with Gasteiger partial charge in [-0.15, -0.1) is 0 Å². The van der Waals surface area contributed by atoms with E-state index < -0.39 is 51.7 Å². The highest BCUT2D eigenvalue weighted by Crippen LogP contribution is 2.46. The maximum Gasteiger partial charge on any atom is 0.405 e. The van der Waals surface area contributed by atoms with E-state index in [1.165, 1.54) is 9.21 Å². The highest BCUT2D eigenvalue weighted by Gasteiger charge is 2.62. The zero-order chi connectivity index (χ0) is 30.1. The molecule has 0 spiro atoms. The number of allylic oxidation sites excluding steroid dienone is 1. The Balaban J connectivity index is 1.36. The van der Waals surface area contributed by atoms with Gasteiger partial charge in [-0.25, -0.2) is 9.52 Å². The zero-order valence-electron chi connectivity index (χ0n) is 24.3. The summed E-state index contributed by atoms with van der Waals surface area (Å²) >= 11 is 0. The molecule has 42 heavy (non-hydrogen) atoms. The molecule has 4 amide bonds. The molecule has 4 unspecified atom stereocenters. The van der Waals surface area contributed by atoms with Crippen molar-refractivity contribution in [2.24, 2.45) is 11.7 Å². The fourth-order valence-corrected chi connectivity index (χ4v) is 8.43. The number of rotatable bonds is 6. The van der Waals surface area contributed by atoms with Gasteiger partial charge in [-0.2, -0.15) is 12.7 Å². The van der Waals surface area contributed by atoms with E-state index >= 15 is 0 Å². The number of nitrogens with two attached hydrogens (primary N) is 1. The first kappa shape index (κ1) is 30.7. The zero-order valence-corrected chi connectivity index (χ0v) is 25.1. The Morgan fingerprint density at radius 3 is 2.43 bits per heavy atom. The quantitative estimate of drug-likeness (QED) is 0.371. The van der Waals surface area contributed by atoms with Gasteiger partial charge in [0.1, 0.15) is 11.6 Å². The Morgan fingerprint density at radius 2 is 1.74 bits per heavy atom. The third-order valence-electron chi connectivity index (χ3n) is 9.30. The van der Waals surface area contributed by atoms with Gasteiger partial charge in [0, 0.05) is 24.5 Å². The van der Waals surface area contributed by atoms with Crippen molar-refractivity contribution < 1.29 is 32.3 Å². The first-order valence-electron chi connectivity index (χ1n) is 15.3. The van der Waals surface area contributed by atoms with Crippen LogP contribution in [0.2, 0.25) is 0 Å². The molecular formula is C28H44N6O7S. The normalized spacial score (nSPS) is 32.6. The van der Waals surface area contributed by atoms with Crippen LogP contribution in [-0.4, -0.2) is 103 Å². The highest BCUT2D eigenvalue weighted by atomic mass is 32.2. The van der Waals surface area contributed by atoms with Crippen molar-refractivity contribution in [2.75, 3.05) is 26.7 Å². The molecule has 5 aliphatic rings. The summed E-state index contributed by atoms with van der Waals surface area (Å²) in [6.07, 6.45) is 9.12. The van der Waals surface area contributed by atoms with Crippen LogP contribution in [0.5, 0.6) is 0 Å². The number of hydrogen-bond acceptors (Lipinski definition) is 8. The summed E-state index contributed by atoms with van der Waals surface area (Å²) in [6.45, 7) is 1.87. The molecule has 4 fully saturated rings. The molecular weight excluding hydrogens is 564 g/mol. The van der Waals surface area contributed by atoms with Gasteiger partial charge < -0.3 is 25.6 Å². The summed E-state index contributed by atoms with van der Waals surface area (Å²) in [5, 5.41) is 2.86. The lowest BCUT2D eigenvalue weighted by atomic mass is 10.1. The molecule has 3 heterocycles. The number of primary amides is 1. The van der Waals surface area contributed by atoms with Gasteiger partial charge >= 0.3 is 16.3 Å². The monoisotopic (exact) mass is 608 g/mol. The Kier molecular flexibility index (Phi) is 9.14. The molecule has 234 valence electrons. The van der Waals surface area contributed by atoms with Crippen LogP contribution in [0, 0.1) is 5.92 Å². The van der Waals surface area contributed by atoms with Gasteiger partial charge in [-0.1, -0.05) is 18.6 Å². The minimum atomic E-state index is -4.15. The number of amides is 4. The molecule has 3 aliphatic heterocycles. The van der Waals surface area contributed by atoms with E-state index in [-0.39, 0.29) is 24.4 Å². The number of hydrogen-bond donors (Lipinski definition) is 3. The summed E-state index contributed by atoms with van der Waals surface area (Å²) in [7, 11) is -2.14. The van der Waals surface area contributed by atoms with Crippen LogP contribution in [0.4, 0.5) is 4.79 Å². The topological polar surface area (TPSA) is 171 Å². The second-order valence-electron chi connectivity index (χ2n) is 12.5. The molecule has 0 aromatic heterocycles. The average molecular weight is 609 g/mol. The molecule has 2 saturated heterocycles. The van der Waals surface area contributed by atoms with Crippen LogP contribution in [0.25, 0.3) is 0 Å². The van der Waals surface area contributed by atoms with E-state index in [1.54, 1.807) is 0 Å². The number of piperidine rings is 1. The Morgan fingerprint density at radius 1 is 1.02 bits per heavy atom. The van der Waals surface area contributed by atoms with Gasteiger partial charge in [0.25, 0.3) is 11.8 Å². The second-order valence-corrected chi connectivity index (χ2v) is 14.1. The lowest BCUT2D eigenvalue weighted by molar-refractivity contribution is -0.146. The van der Waals surface area contributed by atoms with E-state index in [2.05, 4.69) is 14.9 Å². The van der Waals surface area contributed by atoms with Gasteiger partial charge in [0.2, 0.25) is 5.91 Å². The number of fused-ring (bicyclic) bond motifs is 2. The first-order chi connectivity index (χ1) is 20.0. The van der Waals surface area contributed by atoms with Crippen LogP contribution in [0.1, 0.15) is 77.0 Å². The average Bonchev–Trinajstić information content (AvgIpc) is 3.83. The largest absolute Gasteiger partial charge is 0.436 e. The van der Waals surface area contributed by atoms with Crippen molar-refractivity contribution in [2.45, 2.75) is 107 Å². The fraction of sp³-hybridized carbons (Fsp3) is 0.786. The molecule has 4 atom stereocenters. The van der Waals surface area contributed by atoms with Crippen LogP contribution in [0.3, 0.4) is 0 Å². The van der Waals surface area contributed by atoms with Crippen molar-refractivity contribution in [3.8, 4) is 0 Å². The lowest BCUT2D eigenvalue weighted by Crippen LogP contribution is -2.59. The number of ether oxygens (including phenoxy) is 1. The lowest BCUT2D eigenvalue weighted by Gasteiger charge is -2.36. The standard InChI is InChI=1S/C28H44N6O7S/c1-32-16-13-21(14-17-32)34(20-11-12-20)42(39,40)31-26(37)28-18-19(28)8-5-3-2-4-6-10-23(41-27(29)38)25(36)33-15-7-9-22(33)24(35)30-28/h5,8,19-23H,2-4,6-7,9-18H2,1H3,(H2,29,38)(H,30,35)(H,31,37)/b8-5+. The van der Waals surface area contributed by atoms with Gasteiger partial charge in [0.05, 0.1) is 0 Å². The number of nitrogens with one attached hydrogen (secondary N) is 2. The number of carbonyl (C=O) groups is 4. The third-order valence-corrected chi connectivity index (χ3v) is 10.9. The van der Waals surface area contributed by atoms with E-state index in [0.717, 1.165) is 45.2 Å². The predicted molar refractivity (Wildman–Crippen MR) is 153 cm³/mol. The predicted octanol–water partition coefficient (Wildman–Crippen LogP) is 0.756. The molecule has 0 radical (unpaired) electrons. The van der Waals surface area contributed by atoms with Crippen molar-refractivity contribution in [1.82, 2.24) is 24.1 Å². The molecule has 14 heteroatoms. The van der Waals surface area contributed by atoms with Crippen molar-refractivity contribution in [1.29, 1.82) is 0 Å². The summed E-state index contributed by atoms with van der Waals surface area (Å²) in [4.78, 5) is 55.9. The minimum absolute atomic E-state index is 0.118. The molecule has 2 aliphatic carbocycles. The van der Waals surface area contributed by atoms with Gasteiger partial charge in [-0.05, 0) is 90.8 Å². The molecule has 0 aromatic rings. The van der Waals surface area contributed by atoms with E-state index in [9.17, 15) is 27.6 Å². The molecule has 0 bridgehead atoms. The van der Waals surface area contributed by atoms with Crippen LogP contribution in [0.15, 0.2) is 12.2 Å². The summed E-state index contributed by atoms with van der Waals surface area (Å²) in [5.41, 5.74) is 3.81. The molecule has 13 nitrogen and oxygen atoms in total. The maximum atomic E-state index is 13.8. The Bertz CT molecular complexity index is 1200. The molecule has 4 N–H and O–H groups in total. The fourth-order valence-electron chi connectivity index (χ4n) is 6.71. The van der Waals surface area contributed by atoms with E-state index in [4.69, 9.17) is 10.5 Å². The van der Waals surface area contributed by atoms with Crippen molar-refractivity contribution >= 4 is 34.0 Å². The maximum absolute atomic E-state index is 13.8. The van der Waals surface area contributed by atoms with E-state index in [0.29, 0.717) is 45.1 Å². The highest BCUT2D eigenvalue weighted by molar-refractivity contribution is 7.87. The smallest absolute Gasteiger partial charge is 0.405 e. The number of likely N-dealkylation sites (tertiary alicyclic amines) is 1. The molecule has 5 rings (SSSR count). The third kappa shape index (κ3) is 6.75. The van der Waals surface area contributed by atoms with Crippen LogP contribution >= 0.6 is 0 Å². The van der Waals surface area contributed by atoms with E-state index in [1.807, 2.05) is 19.2 Å². The van der Waals surface area contributed by atoms with Crippen LogP contribution < -0.4 is 15.8 Å². The van der Waals surface area contributed by atoms with Gasteiger partial charge in [-0.3, -0.25) is 14.4 Å². The summed E-state index contributed by atoms with van der Waals surface area (Å²) in [6, 6.07) is -1.16. The second kappa shape index (κ2) is 12.5. The molecule has 0 aromatic carbocycles. The summed E-state index contributed by atoms with van der Waals surface area (Å²) in [5.74, 6) is -2.12. The Labute approximate surface area is 247 Å². The summed E-state index contributed by atoms with van der Waals surface area (Å²) < 4.78 is 36.3. The SMILES string of the molecule is CN1CCC(N(C2CC2)S(=O)(=O)NC(=O)C23CC2/C=C/CCCCCC(OC(N)=O)C(=O)N2CCCC2C(=O)N3)CC1. The Hall–Kier alpha value is -2.71. The number of nitrogens with zero attached hydrogens (tertiary/aromatic N) is 3. The molecule has 2 saturated carbocycles. The first-order valence-corrected chi connectivity index (χ1v) is 16.8. The van der Waals surface area contributed by atoms with Crippen molar-refractivity contribution in [3.05, 3.63) is 12.2 Å². The minimum Gasteiger partial charge on any atom is -0.436 e. The van der Waals surface area contributed by atoms with Crippen molar-refractivity contribution in [3.63, 3.8) is 0 Å².